The van der Waals surface area contributed by atoms with Crippen LogP contribution in [0, 0.1) is 0 Å². The van der Waals surface area contributed by atoms with E-state index in [-0.39, 0.29) is 0 Å². The summed E-state index contributed by atoms with van der Waals surface area (Å²) in [5, 5.41) is 10.8. The highest BCUT2D eigenvalue weighted by Gasteiger charge is 2.23. The molecule has 4 nitrogen and oxygen atoms in total. The van der Waals surface area contributed by atoms with Gasteiger partial charge < -0.3 is 19.3 Å². The van der Waals surface area contributed by atoms with Crippen molar-refractivity contribution >= 4 is 0 Å². The third-order valence-corrected chi connectivity index (χ3v) is 3.25. The number of methoxy groups -OCH3 is 2. The fraction of sp³-hybridized carbons (Fsp3) is 0.294. The SMILES string of the molecule is CCOc1ccccc1C(O)c1c(OC)cccc1OC. The van der Waals surface area contributed by atoms with Crippen LogP contribution in [0.15, 0.2) is 42.5 Å². The zero-order chi connectivity index (χ0) is 15.2. The minimum Gasteiger partial charge on any atom is -0.496 e. The van der Waals surface area contributed by atoms with Gasteiger partial charge in [-0.1, -0.05) is 24.3 Å². The number of ether oxygens (including phenoxy) is 3. The minimum absolute atomic E-state index is 0.535. The molecule has 2 aromatic rings. The molecule has 0 aromatic heterocycles. The van der Waals surface area contributed by atoms with Crippen molar-refractivity contribution < 1.29 is 19.3 Å². The maximum atomic E-state index is 10.8. The number of benzene rings is 2. The van der Waals surface area contributed by atoms with E-state index in [4.69, 9.17) is 14.2 Å². The Bertz CT molecular complexity index is 573. The van der Waals surface area contributed by atoms with Gasteiger partial charge in [-0.05, 0) is 25.1 Å². The highest BCUT2D eigenvalue weighted by molar-refractivity contribution is 5.51. The van der Waals surface area contributed by atoms with E-state index >= 15 is 0 Å². The molecular weight excluding hydrogens is 268 g/mol. The lowest BCUT2D eigenvalue weighted by Gasteiger charge is -2.20. The van der Waals surface area contributed by atoms with Crippen LogP contribution in [-0.4, -0.2) is 25.9 Å². The molecule has 0 fully saturated rings. The summed E-state index contributed by atoms with van der Waals surface area (Å²) in [7, 11) is 3.14. The molecule has 1 N–H and O–H groups in total. The molecule has 1 atom stereocenters. The third-order valence-electron chi connectivity index (χ3n) is 3.25. The van der Waals surface area contributed by atoms with Crippen molar-refractivity contribution in [2.45, 2.75) is 13.0 Å². The van der Waals surface area contributed by atoms with Crippen LogP contribution in [0.25, 0.3) is 0 Å². The lowest BCUT2D eigenvalue weighted by molar-refractivity contribution is 0.201. The number of hydrogen-bond donors (Lipinski definition) is 1. The summed E-state index contributed by atoms with van der Waals surface area (Å²) in [4.78, 5) is 0. The molecule has 0 radical (unpaired) electrons. The molecule has 1 unspecified atom stereocenters. The van der Waals surface area contributed by atoms with Crippen LogP contribution < -0.4 is 14.2 Å². The molecule has 0 amide bonds. The van der Waals surface area contributed by atoms with Crippen LogP contribution in [-0.2, 0) is 0 Å². The normalized spacial score (nSPS) is 11.8. The number of hydrogen-bond acceptors (Lipinski definition) is 4. The van der Waals surface area contributed by atoms with E-state index in [0.29, 0.717) is 35.0 Å². The molecule has 0 bridgehead atoms. The van der Waals surface area contributed by atoms with Crippen LogP contribution in [0.4, 0.5) is 0 Å². The molecule has 0 aliphatic heterocycles. The van der Waals surface area contributed by atoms with Crippen molar-refractivity contribution in [2.24, 2.45) is 0 Å². The van der Waals surface area contributed by atoms with Crippen LogP contribution >= 0.6 is 0 Å². The standard InChI is InChI=1S/C17H20O4/c1-4-21-13-9-6-5-8-12(13)17(18)16-14(19-2)10-7-11-15(16)20-3/h5-11,17-18H,4H2,1-3H3. The summed E-state index contributed by atoms with van der Waals surface area (Å²) in [6.45, 7) is 2.44. The lowest BCUT2D eigenvalue weighted by Crippen LogP contribution is -2.07. The van der Waals surface area contributed by atoms with Gasteiger partial charge in [0.2, 0.25) is 0 Å². The van der Waals surface area contributed by atoms with Crippen molar-refractivity contribution in [1.82, 2.24) is 0 Å². The second kappa shape index (κ2) is 6.99. The fourth-order valence-electron chi connectivity index (χ4n) is 2.30. The van der Waals surface area contributed by atoms with Gasteiger partial charge in [-0.15, -0.1) is 0 Å². The monoisotopic (exact) mass is 288 g/mol. The van der Waals surface area contributed by atoms with Gasteiger partial charge >= 0.3 is 0 Å². The van der Waals surface area contributed by atoms with Crippen molar-refractivity contribution in [3.63, 3.8) is 0 Å². The fourth-order valence-corrected chi connectivity index (χ4v) is 2.30. The van der Waals surface area contributed by atoms with Gasteiger partial charge in [-0.3, -0.25) is 0 Å². The Balaban J connectivity index is 2.52. The van der Waals surface area contributed by atoms with E-state index in [1.165, 1.54) is 0 Å². The maximum Gasteiger partial charge on any atom is 0.128 e. The first-order valence-electron chi connectivity index (χ1n) is 6.83. The molecule has 0 aliphatic carbocycles. The topological polar surface area (TPSA) is 47.9 Å². The summed E-state index contributed by atoms with van der Waals surface area (Å²) >= 11 is 0. The molecular formula is C17H20O4. The Morgan fingerprint density at radius 1 is 0.905 bits per heavy atom. The molecule has 21 heavy (non-hydrogen) atoms. The molecule has 0 aliphatic rings. The first-order chi connectivity index (χ1) is 10.2. The molecule has 0 heterocycles. The Hall–Kier alpha value is -2.20. The van der Waals surface area contributed by atoms with Gasteiger partial charge in [0.05, 0.1) is 26.4 Å². The second-order valence-corrected chi connectivity index (χ2v) is 4.45. The maximum absolute atomic E-state index is 10.8. The van der Waals surface area contributed by atoms with Gasteiger partial charge in [0.25, 0.3) is 0 Å². The average Bonchev–Trinajstić information content (AvgIpc) is 2.54. The van der Waals surface area contributed by atoms with Gasteiger partial charge in [-0.25, -0.2) is 0 Å². The zero-order valence-corrected chi connectivity index (χ0v) is 12.5. The zero-order valence-electron chi connectivity index (χ0n) is 12.5. The predicted octanol–water partition coefficient (Wildman–Crippen LogP) is 3.18. The van der Waals surface area contributed by atoms with Crippen molar-refractivity contribution in [2.75, 3.05) is 20.8 Å². The quantitative estimate of drug-likeness (QED) is 0.887. The van der Waals surface area contributed by atoms with Crippen molar-refractivity contribution in [3.05, 3.63) is 53.6 Å². The number of para-hydroxylation sites is 1. The van der Waals surface area contributed by atoms with E-state index in [0.717, 1.165) is 0 Å². The van der Waals surface area contributed by atoms with Crippen LogP contribution in [0.5, 0.6) is 17.2 Å². The summed E-state index contributed by atoms with van der Waals surface area (Å²) < 4.78 is 16.3. The number of aliphatic hydroxyl groups excluding tert-OH is 1. The van der Waals surface area contributed by atoms with E-state index in [9.17, 15) is 5.11 Å². The van der Waals surface area contributed by atoms with Gasteiger partial charge in [0, 0.05) is 5.56 Å². The van der Waals surface area contributed by atoms with Crippen LogP contribution in [0.2, 0.25) is 0 Å². The highest BCUT2D eigenvalue weighted by atomic mass is 16.5. The Morgan fingerprint density at radius 3 is 2.05 bits per heavy atom. The number of aliphatic hydroxyl groups is 1. The smallest absolute Gasteiger partial charge is 0.128 e. The molecule has 2 rings (SSSR count). The Labute approximate surface area is 124 Å². The molecule has 4 heteroatoms. The van der Waals surface area contributed by atoms with E-state index in [1.54, 1.807) is 26.4 Å². The lowest BCUT2D eigenvalue weighted by atomic mass is 9.98. The molecule has 0 saturated heterocycles. The molecule has 0 spiro atoms. The predicted molar refractivity (Wildman–Crippen MR) is 81.2 cm³/mol. The first-order valence-corrected chi connectivity index (χ1v) is 6.83. The van der Waals surface area contributed by atoms with Crippen LogP contribution in [0.3, 0.4) is 0 Å². The van der Waals surface area contributed by atoms with Gasteiger partial charge in [0.1, 0.15) is 23.4 Å². The number of rotatable bonds is 6. The Morgan fingerprint density at radius 2 is 1.48 bits per heavy atom. The first kappa shape index (κ1) is 15.2. The van der Waals surface area contributed by atoms with E-state index in [1.807, 2.05) is 37.3 Å². The van der Waals surface area contributed by atoms with E-state index in [2.05, 4.69) is 0 Å². The minimum atomic E-state index is -0.890. The highest BCUT2D eigenvalue weighted by Crippen LogP contribution is 2.39. The molecule has 0 saturated carbocycles. The van der Waals surface area contributed by atoms with Crippen LogP contribution in [0.1, 0.15) is 24.2 Å². The average molecular weight is 288 g/mol. The summed E-state index contributed by atoms with van der Waals surface area (Å²) in [6.07, 6.45) is -0.890. The van der Waals surface area contributed by atoms with Crippen molar-refractivity contribution in [1.29, 1.82) is 0 Å². The molecule has 112 valence electrons. The van der Waals surface area contributed by atoms with E-state index < -0.39 is 6.10 Å². The second-order valence-electron chi connectivity index (χ2n) is 4.45. The van der Waals surface area contributed by atoms with Gasteiger partial charge in [0.15, 0.2) is 0 Å². The Kier molecular flexibility index (Phi) is 5.06. The molecule has 2 aromatic carbocycles. The van der Waals surface area contributed by atoms with Gasteiger partial charge in [-0.2, -0.15) is 0 Å². The summed E-state index contributed by atoms with van der Waals surface area (Å²) in [5.41, 5.74) is 1.27. The largest absolute Gasteiger partial charge is 0.496 e. The third kappa shape index (κ3) is 3.11. The van der Waals surface area contributed by atoms with Crippen molar-refractivity contribution in [3.8, 4) is 17.2 Å². The summed E-state index contributed by atoms with van der Waals surface area (Å²) in [5.74, 6) is 1.81. The summed E-state index contributed by atoms with van der Waals surface area (Å²) in [6, 6.07) is 12.8.